The molecule has 1 atom stereocenters. The van der Waals surface area contributed by atoms with Gasteiger partial charge in [-0.3, -0.25) is 14.4 Å². The van der Waals surface area contributed by atoms with Gasteiger partial charge in [0.05, 0.1) is 0 Å². The molecule has 6 heteroatoms. The van der Waals surface area contributed by atoms with Gasteiger partial charge in [0.25, 0.3) is 0 Å². The summed E-state index contributed by atoms with van der Waals surface area (Å²) in [6, 6.07) is 0. The molecule has 1 unspecified atom stereocenters. The van der Waals surface area contributed by atoms with E-state index in [1.165, 1.54) is 250 Å². The lowest BCUT2D eigenvalue weighted by Gasteiger charge is -2.18. The summed E-state index contributed by atoms with van der Waals surface area (Å²) in [5.74, 6) is -0.851. The molecule has 0 aromatic heterocycles. The van der Waals surface area contributed by atoms with Gasteiger partial charge in [0.1, 0.15) is 13.2 Å². The van der Waals surface area contributed by atoms with Crippen LogP contribution < -0.4 is 0 Å². The van der Waals surface area contributed by atoms with Gasteiger partial charge in [0.15, 0.2) is 6.10 Å². The molecule has 0 aromatic carbocycles. The van der Waals surface area contributed by atoms with Crippen molar-refractivity contribution in [2.75, 3.05) is 13.2 Å². The van der Waals surface area contributed by atoms with Gasteiger partial charge in [-0.2, -0.15) is 0 Å². The summed E-state index contributed by atoms with van der Waals surface area (Å²) in [4.78, 5) is 38.3. The Morgan fingerprint density at radius 3 is 0.747 bits per heavy atom. The number of unbranched alkanes of at least 4 members (excludes halogenated alkanes) is 45. The third kappa shape index (κ3) is 62.4. The Balaban J connectivity index is 4.23. The van der Waals surface area contributed by atoms with Gasteiger partial charge in [-0.25, -0.2) is 0 Å². The van der Waals surface area contributed by atoms with Gasteiger partial charge in [-0.05, 0) is 57.8 Å². The van der Waals surface area contributed by atoms with E-state index in [-0.39, 0.29) is 31.1 Å². The topological polar surface area (TPSA) is 78.9 Å². The molecule has 0 aliphatic carbocycles. The monoisotopic (exact) mass is 1050 g/mol. The fourth-order valence-corrected chi connectivity index (χ4v) is 10.1. The Hall–Kier alpha value is -2.37. The van der Waals surface area contributed by atoms with Gasteiger partial charge in [-0.15, -0.1) is 0 Å². The predicted octanol–water partition coefficient (Wildman–Crippen LogP) is 22.8. The number of carbonyl (C=O) groups is 3. The average molecular weight is 1050 g/mol. The van der Waals surface area contributed by atoms with Crippen LogP contribution in [0, 0.1) is 0 Å². The van der Waals surface area contributed by atoms with Crippen LogP contribution in [-0.4, -0.2) is 37.2 Å². The van der Waals surface area contributed by atoms with Crippen molar-refractivity contribution in [3.63, 3.8) is 0 Å². The third-order valence-electron chi connectivity index (χ3n) is 15.1. The minimum absolute atomic E-state index is 0.0691. The fourth-order valence-electron chi connectivity index (χ4n) is 10.1. The Bertz CT molecular complexity index is 1250. The normalized spacial score (nSPS) is 12.2. The molecule has 0 N–H and O–H groups in total. The van der Waals surface area contributed by atoms with Crippen LogP contribution in [0.25, 0.3) is 0 Å². The van der Waals surface area contributed by atoms with Crippen LogP contribution in [0.1, 0.15) is 367 Å². The van der Waals surface area contributed by atoms with Crippen molar-refractivity contribution in [1.82, 2.24) is 0 Å². The van der Waals surface area contributed by atoms with Gasteiger partial charge in [0.2, 0.25) is 0 Å². The summed E-state index contributed by atoms with van der Waals surface area (Å²) < 4.78 is 16.9. The third-order valence-corrected chi connectivity index (χ3v) is 15.1. The second-order valence-electron chi connectivity index (χ2n) is 22.7. The lowest BCUT2D eigenvalue weighted by atomic mass is 10.0. The van der Waals surface area contributed by atoms with Crippen LogP contribution in [0.3, 0.4) is 0 Å². The molecule has 0 aromatic rings. The smallest absolute Gasteiger partial charge is 0.306 e. The van der Waals surface area contributed by atoms with Gasteiger partial charge in [-0.1, -0.05) is 327 Å². The first-order valence-electron chi connectivity index (χ1n) is 33.5. The van der Waals surface area contributed by atoms with E-state index < -0.39 is 6.10 Å². The minimum Gasteiger partial charge on any atom is -0.462 e. The van der Waals surface area contributed by atoms with E-state index in [4.69, 9.17) is 14.2 Å². The summed E-state index contributed by atoms with van der Waals surface area (Å²) in [5.41, 5.74) is 0. The highest BCUT2D eigenvalue weighted by atomic mass is 16.6. The van der Waals surface area contributed by atoms with E-state index >= 15 is 0 Å². The number of rotatable bonds is 62. The second kappa shape index (κ2) is 64.2. The molecule has 0 saturated heterocycles. The van der Waals surface area contributed by atoms with E-state index in [9.17, 15) is 14.4 Å². The van der Waals surface area contributed by atoms with Crippen molar-refractivity contribution in [3.8, 4) is 0 Å². The number of ether oxygens (including phenoxy) is 3. The van der Waals surface area contributed by atoms with Gasteiger partial charge >= 0.3 is 17.9 Å². The Kier molecular flexibility index (Phi) is 62.1. The van der Waals surface area contributed by atoms with E-state index in [1.807, 2.05) is 0 Å². The zero-order valence-electron chi connectivity index (χ0n) is 50.6. The van der Waals surface area contributed by atoms with Crippen LogP contribution in [0.5, 0.6) is 0 Å². The van der Waals surface area contributed by atoms with E-state index in [0.717, 1.165) is 77.0 Å². The first kappa shape index (κ1) is 72.6. The lowest BCUT2D eigenvalue weighted by molar-refractivity contribution is -0.167. The molecule has 0 aliphatic rings. The van der Waals surface area contributed by atoms with Crippen LogP contribution in [-0.2, 0) is 28.6 Å². The molecule has 0 saturated carbocycles. The molecule has 75 heavy (non-hydrogen) atoms. The predicted molar refractivity (Wildman–Crippen MR) is 326 cm³/mol. The lowest BCUT2D eigenvalue weighted by Crippen LogP contribution is -2.30. The van der Waals surface area contributed by atoms with Crippen molar-refractivity contribution in [3.05, 3.63) is 36.5 Å². The summed E-state index contributed by atoms with van der Waals surface area (Å²) >= 11 is 0. The zero-order chi connectivity index (χ0) is 54.3. The van der Waals surface area contributed by atoms with Crippen molar-refractivity contribution in [2.24, 2.45) is 0 Å². The summed E-state index contributed by atoms with van der Waals surface area (Å²) in [6.07, 6.45) is 78.8. The highest BCUT2D eigenvalue weighted by Gasteiger charge is 2.19. The number of hydrogen-bond donors (Lipinski definition) is 0. The van der Waals surface area contributed by atoms with Crippen LogP contribution in [0.15, 0.2) is 36.5 Å². The first-order chi connectivity index (χ1) is 37.0. The largest absolute Gasteiger partial charge is 0.462 e. The van der Waals surface area contributed by atoms with Gasteiger partial charge < -0.3 is 14.2 Å². The summed E-state index contributed by atoms with van der Waals surface area (Å²) in [6.45, 7) is 6.68. The molecule has 0 rings (SSSR count). The highest BCUT2D eigenvalue weighted by Crippen LogP contribution is 2.18. The molecule has 0 heterocycles. The Labute approximate surface area is 467 Å². The molecule has 0 bridgehead atoms. The molecule has 440 valence electrons. The van der Waals surface area contributed by atoms with Crippen molar-refractivity contribution >= 4 is 17.9 Å². The molecular formula is C69H128O6. The maximum atomic E-state index is 12.9. The zero-order valence-corrected chi connectivity index (χ0v) is 50.6. The van der Waals surface area contributed by atoms with Crippen molar-refractivity contribution in [1.29, 1.82) is 0 Å². The van der Waals surface area contributed by atoms with E-state index in [2.05, 4.69) is 57.2 Å². The Morgan fingerprint density at radius 2 is 0.480 bits per heavy atom. The van der Waals surface area contributed by atoms with Gasteiger partial charge in [0, 0.05) is 19.3 Å². The molecule has 0 spiro atoms. The molecule has 6 nitrogen and oxygen atoms in total. The maximum absolute atomic E-state index is 12.9. The quantitative estimate of drug-likeness (QED) is 0.0261. The highest BCUT2D eigenvalue weighted by molar-refractivity contribution is 5.71. The second-order valence-corrected chi connectivity index (χ2v) is 22.7. The molecule has 0 aliphatic heterocycles. The number of allylic oxidation sites excluding steroid dienone is 6. The number of esters is 3. The van der Waals surface area contributed by atoms with E-state index in [1.54, 1.807) is 0 Å². The fraction of sp³-hybridized carbons (Fsp3) is 0.870. The molecule has 0 amide bonds. The maximum Gasteiger partial charge on any atom is 0.306 e. The summed E-state index contributed by atoms with van der Waals surface area (Å²) in [7, 11) is 0. The first-order valence-corrected chi connectivity index (χ1v) is 33.5. The van der Waals surface area contributed by atoms with Crippen molar-refractivity contribution in [2.45, 2.75) is 374 Å². The SMILES string of the molecule is CCCCCCC/C=C\C/C=C\C/C=C\CCCCCCCCCCC(=O)OCC(COC(=O)CCCCCCCCCCCCC)OC(=O)CCCCCCCCCCCCCCCCCCCCCCCCC. The average Bonchev–Trinajstić information content (AvgIpc) is 3.41. The molecular weight excluding hydrogens is 925 g/mol. The van der Waals surface area contributed by atoms with E-state index in [0.29, 0.717) is 19.3 Å². The number of hydrogen-bond acceptors (Lipinski definition) is 6. The van der Waals surface area contributed by atoms with Crippen LogP contribution in [0.4, 0.5) is 0 Å². The minimum atomic E-state index is -0.772. The molecule has 0 radical (unpaired) electrons. The summed E-state index contributed by atoms with van der Waals surface area (Å²) in [5, 5.41) is 0. The van der Waals surface area contributed by atoms with Crippen LogP contribution >= 0.6 is 0 Å². The standard InChI is InChI=1S/C69H128O6/c1-4-7-10-13-16-19-22-24-26-28-30-32-34-36-38-40-42-44-47-50-53-56-59-62-68(71)74-65-66(64-73-67(70)61-58-55-52-49-46-21-18-15-12-9-6-3)75-69(72)63-60-57-54-51-48-45-43-41-39-37-35-33-31-29-27-25-23-20-17-14-11-8-5-2/h22,24,28,30,34,36,66H,4-21,23,25-27,29,31-33,35,37-65H2,1-3H3/b24-22-,30-28-,36-34-. The Morgan fingerprint density at radius 1 is 0.267 bits per heavy atom. The van der Waals surface area contributed by atoms with Crippen molar-refractivity contribution < 1.29 is 28.6 Å². The number of carbonyl (C=O) groups excluding carboxylic acids is 3. The molecule has 0 fully saturated rings. The van der Waals surface area contributed by atoms with Crippen LogP contribution in [0.2, 0.25) is 0 Å².